The van der Waals surface area contributed by atoms with Crippen LogP contribution in [0.1, 0.15) is 59.3 Å². The van der Waals surface area contributed by atoms with Gasteiger partial charge in [0.25, 0.3) is 0 Å². The highest BCUT2D eigenvalue weighted by Crippen LogP contribution is 2.66. The molecule has 4 rings (SSSR count). The maximum atomic E-state index is 12.6. The number of fused-ring (bicyclic) bond motifs is 2. The second kappa shape index (κ2) is 4.97. The summed E-state index contributed by atoms with van der Waals surface area (Å²) in [5.74, 6) is 2.68. The molecule has 0 bridgehead atoms. The van der Waals surface area contributed by atoms with Crippen molar-refractivity contribution in [1.29, 1.82) is 0 Å². The van der Waals surface area contributed by atoms with E-state index in [0.29, 0.717) is 5.92 Å². The highest BCUT2D eigenvalue weighted by Gasteiger charge is 2.60. The van der Waals surface area contributed by atoms with Crippen molar-refractivity contribution >= 4 is 5.97 Å². The summed E-state index contributed by atoms with van der Waals surface area (Å²) < 4.78 is 5.25. The molecule has 0 aromatic rings. The van der Waals surface area contributed by atoms with Crippen LogP contribution in [0.2, 0.25) is 0 Å². The molecule has 2 saturated carbocycles. The Balaban J connectivity index is 1.80. The largest absolute Gasteiger partial charge is 0.469 e. The lowest BCUT2D eigenvalue weighted by molar-refractivity contribution is -0.166. The minimum Gasteiger partial charge on any atom is -0.469 e. The molecule has 0 N–H and O–H groups in total. The number of rotatable bonds is 1. The highest BCUT2D eigenvalue weighted by atomic mass is 16.5. The van der Waals surface area contributed by atoms with E-state index in [-0.39, 0.29) is 16.8 Å². The SMILES string of the molecule is COC(=O)[C@]1(C)CCC[C@@]2(C)[C@@H]3CC[C@H]4C(C)=CC(=CC[C@@H]21)[C@@H]34. The van der Waals surface area contributed by atoms with Crippen LogP contribution < -0.4 is 0 Å². The quantitative estimate of drug-likeness (QED) is 0.643. The molecule has 126 valence electrons. The molecule has 0 unspecified atom stereocenters. The van der Waals surface area contributed by atoms with Crippen molar-refractivity contribution in [2.24, 2.45) is 34.5 Å². The molecule has 6 atom stereocenters. The van der Waals surface area contributed by atoms with Crippen LogP contribution in [0, 0.1) is 34.5 Å². The molecule has 23 heavy (non-hydrogen) atoms. The monoisotopic (exact) mass is 314 g/mol. The summed E-state index contributed by atoms with van der Waals surface area (Å²) in [6.07, 6.45) is 12.1. The number of hydrogen-bond donors (Lipinski definition) is 0. The molecule has 0 aromatic heterocycles. The fourth-order valence-electron chi connectivity index (χ4n) is 6.99. The van der Waals surface area contributed by atoms with Crippen molar-refractivity contribution in [3.8, 4) is 0 Å². The molecule has 0 radical (unpaired) electrons. The van der Waals surface area contributed by atoms with Crippen molar-refractivity contribution in [3.63, 3.8) is 0 Å². The average Bonchev–Trinajstić information content (AvgIpc) is 3.05. The number of carbonyl (C=O) groups is 1. The number of esters is 1. The molecule has 0 aromatic carbocycles. The summed E-state index contributed by atoms with van der Waals surface area (Å²) in [4.78, 5) is 12.6. The van der Waals surface area contributed by atoms with Gasteiger partial charge < -0.3 is 4.74 Å². The van der Waals surface area contributed by atoms with E-state index in [0.717, 1.165) is 37.0 Å². The number of allylic oxidation sites excluding steroid dienone is 4. The fourth-order valence-corrected chi connectivity index (χ4v) is 6.99. The third-order valence-corrected chi connectivity index (χ3v) is 8.08. The lowest BCUT2D eigenvalue weighted by Gasteiger charge is -2.53. The van der Waals surface area contributed by atoms with Gasteiger partial charge in [-0.05, 0) is 80.6 Å². The van der Waals surface area contributed by atoms with E-state index in [9.17, 15) is 4.79 Å². The zero-order valence-corrected chi connectivity index (χ0v) is 15.0. The van der Waals surface area contributed by atoms with Gasteiger partial charge in [-0.3, -0.25) is 4.79 Å². The van der Waals surface area contributed by atoms with E-state index in [1.54, 1.807) is 18.3 Å². The van der Waals surface area contributed by atoms with Crippen LogP contribution in [0.15, 0.2) is 23.3 Å². The van der Waals surface area contributed by atoms with Crippen molar-refractivity contribution in [3.05, 3.63) is 23.3 Å². The highest BCUT2D eigenvalue weighted by molar-refractivity contribution is 5.77. The zero-order chi connectivity index (χ0) is 16.4. The van der Waals surface area contributed by atoms with Crippen molar-refractivity contribution < 1.29 is 9.53 Å². The van der Waals surface area contributed by atoms with Crippen LogP contribution in [0.25, 0.3) is 0 Å². The molecule has 0 aliphatic heterocycles. The lowest BCUT2D eigenvalue weighted by atomic mass is 9.50. The molecule has 0 amide bonds. The van der Waals surface area contributed by atoms with E-state index in [1.807, 2.05) is 0 Å². The third-order valence-electron chi connectivity index (χ3n) is 8.08. The molecule has 0 spiro atoms. The van der Waals surface area contributed by atoms with Crippen molar-refractivity contribution in [1.82, 2.24) is 0 Å². The minimum atomic E-state index is -0.311. The summed E-state index contributed by atoms with van der Waals surface area (Å²) in [5.41, 5.74) is 3.14. The Morgan fingerprint density at radius 1 is 1.26 bits per heavy atom. The third kappa shape index (κ3) is 1.90. The molecule has 0 saturated heterocycles. The van der Waals surface area contributed by atoms with Gasteiger partial charge in [0.15, 0.2) is 0 Å². The Bertz CT molecular complexity index is 601. The first-order valence-electron chi connectivity index (χ1n) is 9.38. The van der Waals surface area contributed by atoms with Crippen molar-refractivity contribution in [2.75, 3.05) is 7.11 Å². The number of carbonyl (C=O) groups excluding carboxylic acids is 1. The first kappa shape index (κ1) is 15.5. The van der Waals surface area contributed by atoms with Crippen LogP contribution in [-0.2, 0) is 9.53 Å². The Kier molecular flexibility index (Phi) is 3.35. The second-order valence-electron chi connectivity index (χ2n) is 8.97. The smallest absolute Gasteiger partial charge is 0.311 e. The summed E-state index contributed by atoms with van der Waals surface area (Å²) in [6, 6.07) is 0. The number of hydrogen-bond acceptors (Lipinski definition) is 2. The van der Waals surface area contributed by atoms with Gasteiger partial charge in [0.05, 0.1) is 12.5 Å². The Hall–Kier alpha value is -1.05. The summed E-state index contributed by atoms with van der Waals surface area (Å²) in [7, 11) is 1.56. The molecule has 4 aliphatic carbocycles. The van der Waals surface area contributed by atoms with Gasteiger partial charge in [-0.25, -0.2) is 0 Å². The minimum absolute atomic E-state index is 0.0140. The summed E-state index contributed by atoms with van der Waals surface area (Å²) >= 11 is 0. The van der Waals surface area contributed by atoms with Crippen molar-refractivity contribution in [2.45, 2.75) is 59.3 Å². The normalized spacial score (nSPS) is 48.0. The summed E-state index contributed by atoms with van der Waals surface area (Å²) in [5, 5.41) is 0. The predicted octanol–water partition coefficient (Wildman–Crippen LogP) is 4.90. The van der Waals surface area contributed by atoms with E-state index < -0.39 is 0 Å². The Morgan fingerprint density at radius 3 is 2.78 bits per heavy atom. The van der Waals surface area contributed by atoms with Crippen LogP contribution >= 0.6 is 0 Å². The van der Waals surface area contributed by atoms with E-state index in [4.69, 9.17) is 4.74 Å². The van der Waals surface area contributed by atoms with E-state index in [1.165, 1.54) is 19.3 Å². The van der Waals surface area contributed by atoms with Gasteiger partial charge in [0, 0.05) is 0 Å². The van der Waals surface area contributed by atoms with Gasteiger partial charge in [0.1, 0.15) is 0 Å². The van der Waals surface area contributed by atoms with Crippen LogP contribution in [0.5, 0.6) is 0 Å². The van der Waals surface area contributed by atoms with Gasteiger partial charge in [0.2, 0.25) is 0 Å². The Morgan fingerprint density at radius 2 is 2.04 bits per heavy atom. The molecule has 4 aliphatic rings. The second-order valence-corrected chi connectivity index (χ2v) is 8.97. The molecular formula is C21H30O2. The number of methoxy groups -OCH3 is 1. The Labute approximate surface area is 140 Å². The predicted molar refractivity (Wildman–Crippen MR) is 91.7 cm³/mol. The fraction of sp³-hybridized carbons (Fsp3) is 0.762. The van der Waals surface area contributed by atoms with Gasteiger partial charge in [-0.15, -0.1) is 0 Å². The van der Waals surface area contributed by atoms with Crippen LogP contribution in [-0.4, -0.2) is 13.1 Å². The molecule has 2 nitrogen and oxygen atoms in total. The van der Waals surface area contributed by atoms with E-state index in [2.05, 4.69) is 32.9 Å². The molecule has 2 fully saturated rings. The first-order valence-corrected chi connectivity index (χ1v) is 9.38. The maximum Gasteiger partial charge on any atom is 0.311 e. The number of ether oxygens (including phenoxy) is 1. The maximum absolute atomic E-state index is 12.6. The first-order chi connectivity index (χ1) is 10.9. The standard InChI is InChI=1S/C21H30O2/c1-13-12-14-6-9-17-20(2,16-8-7-15(13)18(14)16)10-5-11-21(17,3)19(22)23-4/h6,12,15-18H,5,7-11H2,1-4H3/t15-,16+,17-,18+,20-,21+/m0/s1. The topological polar surface area (TPSA) is 26.3 Å². The summed E-state index contributed by atoms with van der Waals surface area (Å²) in [6.45, 7) is 6.99. The van der Waals surface area contributed by atoms with Crippen LogP contribution in [0.4, 0.5) is 0 Å². The van der Waals surface area contributed by atoms with Crippen LogP contribution in [0.3, 0.4) is 0 Å². The average molecular weight is 314 g/mol. The molecular weight excluding hydrogens is 284 g/mol. The zero-order valence-electron chi connectivity index (χ0n) is 15.0. The molecule has 0 heterocycles. The van der Waals surface area contributed by atoms with E-state index >= 15 is 0 Å². The molecule has 2 heteroatoms. The van der Waals surface area contributed by atoms with Gasteiger partial charge in [-0.1, -0.05) is 31.1 Å². The van der Waals surface area contributed by atoms with Gasteiger partial charge in [-0.2, -0.15) is 0 Å². The lowest BCUT2D eigenvalue weighted by Crippen LogP contribution is -2.51. The van der Waals surface area contributed by atoms with Gasteiger partial charge >= 0.3 is 5.97 Å².